The van der Waals surface area contributed by atoms with Crippen molar-refractivity contribution in [3.8, 4) is 0 Å². The zero-order valence-corrected chi connectivity index (χ0v) is 11.2. The molecule has 1 aliphatic heterocycles. The smallest absolute Gasteiger partial charge is 0.345 e. The van der Waals surface area contributed by atoms with E-state index in [1.165, 1.54) is 12.1 Å². The molecule has 0 amide bonds. The molecule has 2 aromatic rings. The number of hydrogen-bond acceptors (Lipinski definition) is 5. The minimum atomic E-state index is -0.669. The van der Waals surface area contributed by atoms with E-state index < -0.39 is 18.0 Å². The number of fused-ring (bicyclic) bond motifs is 1. The number of rotatable bonds is 2. The zero-order chi connectivity index (χ0) is 14.8. The molecule has 3 rings (SSSR count). The van der Waals surface area contributed by atoms with Gasteiger partial charge in [0.15, 0.2) is 0 Å². The van der Waals surface area contributed by atoms with Crippen molar-refractivity contribution in [2.45, 2.75) is 12.5 Å². The molecule has 0 aromatic heterocycles. The summed E-state index contributed by atoms with van der Waals surface area (Å²) in [6.07, 6.45) is 0.518. The second-order valence-electron chi connectivity index (χ2n) is 4.89. The Morgan fingerprint density at radius 1 is 1.10 bits per heavy atom. The highest BCUT2D eigenvalue weighted by molar-refractivity contribution is 5.99. The van der Waals surface area contributed by atoms with Crippen LogP contribution >= 0.6 is 0 Å². The van der Waals surface area contributed by atoms with Crippen molar-refractivity contribution in [2.75, 3.05) is 11.1 Å². The van der Waals surface area contributed by atoms with E-state index in [0.717, 1.165) is 11.3 Å². The maximum absolute atomic E-state index is 12.0. The van der Waals surface area contributed by atoms with Crippen LogP contribution in [-0.2, 0) is 16.0 Å². The van der Waals surface area contributed by atoms with Gasteiger partial charge in [0.05, 0.1) is 5.56 Å². The van der Waals surface area contributed by atoms with Crippen molar-refractivity contribution in [1.29, 1.82) is 0 Å². The van der Waals surface area contributed by atoms with E-state index in [2.05, 4.69) is 5.32 Å². The first kappa shape index (κ1) is 13.2. The number of benzene rings is 2. The quantitative estimate of drug-likeness (QED) is 0.500. The Bertz CT molecular complexity index is 670. The third-order valence-corrected chi connectivity index (χ3v) is 3.40. The zero-order valence-electron chi connectivity index (χ0n) is 11.2. The molecular formula is C16H14N2O3. The first-order chi connectivity index (χ1) is 10.1. The van der Waals surface area contributed by atoms with Crippen LogP contribution in [0.4, 0.5) is 11.4 Å². The molecule has 106 valence electrons. The molecule has 0 fully saturated rings. The summed E-state index contributed by atoms with van der Waals surface area (Å²) in [5.74, 6) is -1.24. The Morgan fingerprint density at radius 2 is 1.81 bits per heavy atom. The minimum Gasteiger partial charge on any atom is -0.399 e. The van der Waals surface area contributed by atoms with E-state index in [0.29, 0.717) is 17.7 Å². The topological polar surface area (TPSA) is 81.4 Å². The molecule has 2 aromatic carbocycles. The number of hydrogen-bond donors (Lipinski definition) is 2. The lowest BCUT2D eigenvalue weighted by Crippen LogP contribution is -2.31. The van der Waals surface area contributed by atoms with Gasteiger partial charge in [0, 0.05) is 17.8 Å². The van der Waals surface area contributed by atoms with Gasteiger partial charge >= 0.3 is 11.9 Å². The predicted octanol–water partition coefficient (Wildman–Crippen LogP) is 1.99. The lowest BCUT2D eigenvalue weighted by atomic mass is 10.1. The summed E-state index contributed by atoms with van der Waals surface area (Å²) in [5, 5.41) is 3.05. The van der Waals surface area contributed by atoms with Crippen LogP contribution in [0.5, 0.6) is 0 Å². The summed E-state index contributed by atoms with van der Waals surface area (Å²) >= 11 is 0. The van der Waals surface area contributed by atoms with Crippen LogP contribution in [0, 0.1) is 0 Å². The van der Waals surface area contributed by atoms with Gasteiger partial charge in [-0.3, -0.25) is 0 Å². The monoisotopic (exact) mass is 282 g/mol. The largest absolute Gasteiger partial charge is 0.399 e. The molecule has 0 bridgehead atoms. The first-order valence-electron chi connectivity index (χ1n) is 6.59. The van der Waals surface area contributed by atoms with Gasteiger partial charge in [0.1, 0.15) is 6.04 Å². The van der Waals surface area contributed by atoms with Crippen molar-refractivity contribution in [1.82, 2.24) is 0 Å². The van der Waals surface area contributed by atoms with E-state index in [1.807, 2.05) is 24.3 Å². The maximum atomic E-state index is 12.0. The third kappa shape index (κ3) is 2.72. The average Bonchev–Trinajstić information content (AvgIpc) is 2.92. The Kier molecular flexibility index (Phi) is 3.31. The SMILES string of the molecule is Nc1ccc(C(=O)OC(=O)C2Cc3ccccc3N2)cc1. The third-order valence-electron chi connectivity index (χ3n) is 3.40. The van der Waals surface area contributed by atoms with Gasteiger partial charge in [0.25, 0.3) is 0 Å². The number of esters is 2. The van der Waals surface area contributed by atoms with E-state index in [-0.39, 0.29) is 0 Å². The summed E-state index contributed by atoms with van der Waals surface area (Å²) in [6, 6.07) is 13.3. The van der Waals surface area contributed by atoms with Crippen molar-refractivity contribution in [3.05, 3.63) is 59.7 Å². The van der Waals surface area contributed by atoms with Crippen molar-refractivity contribution >= 4 is 23.3 Å². The number of nitrogen functional groups attached to an aromatic ring is 1. The number of nitrogens with two attached hydrogens (primary N) is 1. The average molecular weight is 282 g/mol. The van der Waals surface area contributed by atoms with Crippen LogP contribution in [0.25, 0.3) is 0 Å². The number of carbonyl (C=O) groups excluding carboxylic acids is 2. The highest BCUT2D eigenvalue weighted by Gasteiger charge is 2.29. The van der Waals surface area contributed by atoms with Crippen LogP contribution in [0.1, 0.15) is 15.9 Å². The lowest BCUT2D eigenvalue weighted by molar-refractivity contribution is -0.138. The highest BCUT2D eigenvalue weighted by atomic mass is 16.6. The van der Waals surface area contributed by atoms with Crippen LogP contribution < -0.4 is 11.1 Å². The molecule has 0 saturated carbocycles. The van der Waals surface area contributed by atoms with Crippen LogP contribution in [-0.4, -0.2) is 18.0 Å². The van der Waals surface area contributed by atoms with Gasteiger partial charge in [0.2, 0.25) is 0 Å². The summed E-state index contributed by atoms with van der Waals surface area (Å²) in [6.45, 7) is 0. The minimum absolute atomic E-state index is 0.299. The van der Waals surface area contributed by atoms with Crippen molar-refractivity contribution < 1.29 is 14.3 Å². The van der Waals surface area contributed by atoms with E-state index in [4.69, 9.17) is 10.5 Å². The maximum Gasteiger partial charge on any atom is 0.345 e. The van der Waals surface area contributed by atoms with Crippen LogP contribution in [0.2, 0.25) is 0 Å². The number of para-hydroxylation sites is 1. The fourth-order valence-electron chi connectivity index (χ4n) is 2.28. The Labute approximate surface area is 121 Å². The van der Waals surface area contributed by atoms with Gasteiger partial charge in [-0.05, 0) is 35.9 Å². The molecule has 0 spiro atoms. The standard InChI is InChI=1S/C16H14N2O3/c17-12-7-5-10(6-8-12)15(19)21-16(20)14-9-11-3-1-2-4-13(11)18-14/h1-8,14,18H,9,17H2. The highest BCUT2D eigenvalue weighted by Crippen LogP contribution is 2.25. The number of anilines is 2. The van der Waals surface area contributed by atoms with Crippen LogP contribution in [0.15, 0.2) is 48.5 Å². The van der Waals surface area contributed by atoms with Gasteiger partial charge in [-0.15, -0.1) is 0 Å². The molecule has 21 heavy (non-hydrogen) atoms. The second-order valence-corrected chi connectivity index (χ2v) is 4.89. The fourth-order valence-corrected chi connectivity index (χ4v) is 2.28. The number of carbonyl (C=O) groups is 2. The van der Waals surface area contributed by atoms with E-state index >= 15 is 0 Å². The van der Waals surface area contributed by atoms with Crippen molar-refractivity contribution in [3.63, 3.8) is 0 Å². The molecular weight excluding hydrogens is 268 g/mol. The molecule has 1 unspecified atom stereocenters. The molecule has 1 atom stereocenters. The van der Waals surface area contributed by atoms with E-state index in [9.17, 15) is 9.59 Å². The molecule has 0 saturated heterocycles. The van der Waals surface area contributed by atoms with Gasteiger partial charge in [-0.2, -0.15) is 0 Å². The molecule has 5 nitrogen and oxygen atoms in total. The van der Waals surface area contributed by atoms with Gasteiger partial charge in [-0.25, -0.2) is 9.59 Å². The Balaban J connectivity index is 1.65. The van der Waals surface area contributed by atoms with Gasteiger partial charge < -0.3 is 15.8 Å². The Morgan fingerprint density at radius 3 is 2.52 bits per heavy atom. The summed E-state index contributed by atoms with van der Waals surface area (Å²) in [5.41, 5.74) is 8.34. The molecule has 0 aliphatic carbocycles. The molecule has 1 aliphatic rings. The fraction of sp³-hybridized carbons (Fsp3) is 0.125. The summed E-state index contributed by atoms with van der Waals surface area (Å²) in [7, 11) is 0. The van der Waals surface area contributed by atoms with Crippen LogP contribution in [0.3, 0.4) is 0 Å². The second kappa shape index (κ2) is 5.28. The number of ether oxygens (including phenoxy) is 1. The molecule has 1 heterocycles. The lowest BCUT2D eigenvalue weighted by Gasteiger charge is -2.09. The first-order valence-corrected chi connectivity index (χ1v) is 6.59. The summed E-state index contributed by atoms with van der Waals surface area (Å²) in [4.78, 5) is 23.9. The molecule has 0 radical (unpaired) electrons. The van der Waals surface area contributed by atoms with Crippen molar-refractivity contribution in [2.24, 2.45) is 0 Å². The van der Waals surface area contributed by atoms with Gasteiger partial charge in [-0.1, -0.05) is 18.2 Å². The molecule has 3 N–H and O–H groups in total. The normalized spacial score (nSPS) is 15.9. The predicted molar refractivity (Wildman–Crippen MR) is 78.8 cm³/mol. The Hall–Kier alpha value is -2.82. The van der Waals surface area contributed by atoms with E-state index in [1.54, 1.807) is 12.1 Å². The summed E-state index contributed by atoms with van der Waals surface area (Å²) < 4.78 is 4.91. The number of nitrogens with one attached hydrogen (secondary N) is 1. The molecule has 5 heteroatoms.